The average molecular weight is 519 g/mol. The third kappa shape index (κ3) is 6.00. The summed E-state index contributed by atoms with van der Waals surface area (Å²) in [6, 6.07) is 19.0. The lowest BCUT2D eigenvalue weighted by Gasteiger charge is -2.26. The Morgan fingerprint density at radius 2 is 1.51 bits per heavy atom. The van der Waals surface area contributed by atoms with E-state index in [4.69, 9.17) is 0 Å². The zero-order valence-electron chi connectivity index (χ0n) is 21.9. The number of benzene rings is 3. The van der Waals surface area contributed by atoms with E-state index >= 15 is 0 Å². The number of carbonyl (C=O) groups excluding carboxylic acids is 2. The lowest BCUT2D eigenvalue weighted by Crippen LogP contribution is -2.35. The lowest BCUT2D eigenvalue weighted by atomic mass is 9.86. The van der Waals surface area contributed by atoms with E-state index in [0.29, 0.717) is 35.5 Å². The van der Waals surface area contributed by atoms with Crippen LogP contribution in [0.25, 0.3) is 0 Å². The van der Waals surface area contributed by atoms with Crippen molar-refractivity contribution in [2.75, 3.05) is 18.4 Å². The van der Waals surface area contributed by atoms with E-state index in [9.17, 15) is 18.0 Å². The summed E-state index contributed by atoms with van der Waals surface area (Å²) in [4.78, 5) is 26.4. The van der Waals surface area contributed by atoms with E-state index in [1.807, 2.05) is 24.3 Å². The molecule has 1 amide bonds. The Kier molecular flexibility index (Phi) is 7.67. The Morgan fingerprint density at radius 3 is 2.16 bits per heavy atom. The topological polar surface area (TPSA) is 83.6 Å². The molecule has 0 atom stereocenters. The number of hydrogen-bond donors (Lipinski definition) is 1. The summed E-state index contributed by atoms with van der Waals surface area (Å²) in [6.45, 7) is 9.13. The minimum absolute atomic E-state index is 0.00563. The molecule has 0 saturated carbocycles. The predicted octanol–water partition coefficient (Wildman–Crippen LogP) is 5.95. The van der Waals surface area contributed by atoms with Gasteiger partial charge >= 0.3 is 0 Å². The molecule has 194 valence electrons. The van der Waals surface area contributed by atoms with E-state index < -0.39 is 15.9 Å². The number of carbonyl (C=O) groups is 2. The van der Waals surface area contributed by atoms with Crippen LogP contribution in [0.1, 0.15) is 77.4 Å². The molecule has 1 saturated heterocycles. The van der Waals surface area contributed by atoms with Gasteiger partial charge in [-0.2, -0.15) is 4.31 Å². The fraction of sp³-hybridized carbons (Fsp3) is 0.333. The van der Waals surface area contributed by atoms with Crippen molar-refractivity contribution in [2.45, 2.75) is 57.3 Å². The van der Waals surface area contributed by atoms with Gasteiger partial charge < -0.3 is 5.32 Å². The summed E-state index contributed by atoms with van der Waals surface area (Å²) in [5.74, 6) is -0.560. The van der Waals surface area contributed by atoms with Gasteiger partial charge in [-0.3, -0.25) is 9.59 Å². The Bertz CT molecular complexity index is 1410. The van der Waals surface area contributed by atoms with Crippen molar-refractivity contribution in [1.29, 1.82) is 0 Å². The smallest absolute Gasteiger partial charge is 0.255 e. The molecule has 1 aliphatic heterocycles. The van der Waals surface area contributed by atoms with Gasteiger partial charge in [0, 0.05) is 35.5 Å². The van der Waals surface area contributed by atoms with Crippen LogP contribution in [-0.4, -0.2) is 37.5 Å². The normalized spacial score (nSPS) is 14.8. The summed E-state index contributed by atoms with van der Waals surface area (Å²) in [7, 11) is -3.66. The first-order valence-corrected chi connectivity index (χ1v) is 14.1. The summed E-state index contributed by atoms with van der Waals surface area (Å²) < 4.78 is 27.7. The monoisotopic (exact) mass is 518 g/mol. The quantitative estimate of drug-likeness (QED) is 0.409. The molecule has 0 spiro atoms. The first kappa shape index (κ1) is 26.8. The van der Waals surface area contributed by atoms with E-state index in [2.05, 4.69) is 26.1 Å². The van der Waals surface area contributed by atoms with Crippen LogP contribution in [0.15, 0.2) is 71.6 Å². The van der Waals surface area contributed by atoms with Gasteiger partial charge in [0.1, 0.15) is 0 Å². The fourth-order valence-electron chi connectivity index (χ4n) is 4.49. The average Bonchev–Trinajstić information content (AvgIpc) is 2.88. The van der Waals surface area contributed by atoms with Crippen LogP contribution in [0.5, 0.6) is 0 Å². The molecular weight excluding hydrogens is 484 g/mol. The van der Waals surface area contributed by atoms with E-state index in [1.165, 1.54) is 10.4 Å². The molecule has 1 heterocycles. The van der Waals surface area contributed by atoms with Gasteiger partial charge in [0.25, 0.3) is 5.91 Å². The van der Waals surface area contributed by atoms with Gasteiger partial charge in [0.15, 0.2) is 5.78 Å². The number of piperidine rings is 1. The minimum atomic E-state index is -3.66. The number of hydrogen-bond acceptors (Lipinski definition) is 4. The Balaban J connectivity index is 1.54. The molecule has 0 aliphatic carbocycles. The summed E-state index contributed by atoms with van der Waals surface area (Å²) >= 11 is 0. The molecule has 7 heteroatoms. The lowest BCUT2D eigenvalue weighted by molar-refractivity contribution is 0.102. The Labute approximate surface area is 219 Å². The molecular formula is C30H34N2O4S. The molecule has 0 radical (unpaired) electrons. The van der Waals surface area contributed by atoms with Crippen LogP contribution < -0.4 is 5.32 Å². The number of aryl methyl sites for hydroxylation is 1. The predicted molar refractivity (Wildman–Crippen MR) is 147 cm³/mol. The number of amides is 1. The highest BCUT2D eigenvalue weighted by Crippen LogP contribution is 2.25. The van der Waals surface area contributed by atoms with Crippen molar-refractivity contribution in [3.8, 4) is 0 Å². The highest BCUT2D eigenvalue weighted by Gasteiger charge is 2.27. The summed E-state index contributed by atoms with van der Waals surface area (Å²) in [5, 5.41) is 2.83. The van der Waals surface area contributed by atoms with Gasteiger partial charge in [-0.25, -0.2) is 8.42 Å². The van der Waals surface area contributed by atoms with E-state index in [-0.39, 0.29) is 21.7 Å². The molecule has 0 aromatic heterocycles. The largest absolute Gasteiger partial charge is 0.322 e. The molecule has 3 aromatic carbocycles. The van der Waals surface area contributed by atoms with Crippen molar-refractivity contribution >= 4 is 27.4 Å². The van der Waals surface area contributed by atoms with Crippen LogP contribution in [0.3, 0.4) is 0 Å². The number of ketones is 1. The molecule has 4 rings (SSSR count). The van der Waals surface area contributed by atoms with Crippen molar-refractivity contribution in [2.24, 2.45) is 0 Å². The number of nitrogens with one attached hydrogen (secondary N) is 1. The molecule has 37 heavy (non-hydrogen) atoms. The first-order chi connectivity index (χ1) is 17.5. The van der Waals surface area contributed by atoms with Gasteiger partial charge in [-0.05, 0) is 60.6 Å². The van der Waals surface area contributed by atoms with Gasteiger partial charge in [-0.1, -0.05) is 69.7 Å². The maximum Gasteiger partial charge on any atom is 0.255 e. The van der Waals surface area contributed by atoms with E-state index in [1.54, 1.807) is 43.3 Å². The number of sulfonamides is 1. The summed E-state index contributed by atoms with van der Waals surface area (Å²) in [5.41, 5.74) is 3.58. The number of nitrogens with zero attached hydrogens (tertiary/aromatic N) is 1. The highest BCUT2D eigenvalue weighted by molar-refractivity contribution is 7.89. The van der Waals surface area contributed by atoms with Crippen LogP contribution in [0.4, 0.5) is 5.69 Å². The standard InChI is InChI=1S/C30H34N2O4S/c1-21-11-16-26(37(35,36)32-17-6-5-7-18-32)20-27(21)29(34)31-25-10-8-9-23(19-25)28(33)22-12-14-24(15-13-22)30(2,3)4/h8-16,19-20H,5-7,17-18H2,1-4H3,(H,31,34). The van der Waals surface area contributed by atoms with Gasteiger partial charge in [-0.15, -0.1) is 0 Å². The van der Waals surface area contributed by atoms with Crippen molar-refractivity contribution in [1.82, 2.24) is 4.31 Å². The molecule has 1 aliphatic rings. The summed E-state index contributed by atoms with van der Waals surface area (Å²) in [6.07, 6.45) is 2.71. The minimum Gasteiger partial charge on any atom is -0.322 e. The van der Waals surface area contributed by atoms with Gasteiger partial charge in [0.2, 0.25) is 10.0 Å². The zero-order valence-corrected chi connectivity index (χ0v) is 22.7. The molecule has 0 unspecified atom stereocenters. The SMILES string of the molecule is Cc1ccc(S(=O)(=O)N2CCCCC2)cc1C(=O)Nc1cccc(C(=O)c2ccc(C(C)(C)C)cc2)c1. The third-order valence-electron chi connectivity index (χ3n) is 6.80. The Hall–Kier alpha value is -3.29. The molecule has 1 fully saturated rings. The fourth-order valence-corrected chi connectivity index (χ4v) is 6.03. The molecule has 6 nitrogen and oxygen atoms in total. The first-order valence-electron chi connectivity index (χ1n) is 12.6. The van der Waals surface area contributed by atoms with Crippen LogP contribution in [0, 0.1) is 6.92 Å². The van der Waals surface area contributed by atoms with Crippen molar-refractivity contribution < 1.29 is 18.0 Å². The van der Waals surface area contributed by atoms with Crippen LogP contribution >= 0.6 is 0 Å². The second-order valence-corrected chi connectivity index (χ2v) is 12.6. The molecule has 3 aromatic rings. The zero-order chi connectivity index (χ0) is 26.8. The van der Waals surface area contributed by atoms with E-state index in [0.717, 1.165) is 24.8 Å². The second kappa shape index (κ2) is 10.6. The maximum absolute atomic E-state index is 13.2. The molecule has 1 N–H and O–H groups in total. The number of anilines is 1. The maximum atomic E-state index is 13.2. The molecule has 0 bridgehead atoms. The van der Waals surface area contributed by atoms with Gasteiger partial charge in [0.05, 0.1) is 4.90 Å². The van der Waals surface area contributed by atoms with Crippen LogP contribution in [-0.2, 0) is 15.4 Å². The number of rotatable bonds is 6. The Morgan fingerprint density at radius 1 is 0.838 bits per heavy atom. The van der Waals surface area contributed by atoms with Crippen molar-refractivity contribution in [3.63, 3.8) is 0 Å². The van der Waals surface area contributed by atoms with Crippen molar-refractivity contribution in [3.05, 3.63) is 94.5 Å². The second-order valence-electron chi connectivity index (χ2n) is 10.6. The van der Waals surface area contributed by atoms with Crippen LogP contribution in [0.2, 0.25) is 0 Å². The third-order valence-corrected chi connectivity index (χ3v) is 8.70. The highest BCUT2D eigenvalue weighted by atomic mass is 32.2.